The zero-order valence-electron chi connectivity index (χ0n) is 17.7. The van der Waals surface area contributed by atoms with Crippen molar-refractivity contribution in [3.8, 4) is 0 Å². The maximum absolute atomic E-state index is 13.1. The van der Waals surface area contributed by atoms with E-state index in [2.05, 4.69) is 0 Å². The van der Waals surface area contributed by atoms with Gasteiger partial charge in [0.1, 0.15) is 0 Å². The summed E-state index contributed by atoms with van der Waals surface area (Å²) in [5, 5.41) is 0. The molecule has 0 saturated carbocycles. The van der Waals surface area contributed by atoms with Crippen LogP contribution in [0.15, 0.2) is 59.5 Å². The van der Waals surface area contributed by atoms with Gasteiger partial charge in [-0.25, -0.2) is 8.42 Å². The number of sulfonamides is 1. The van der Waals surface area contributed by atoms with Gasteiger partial charge in [-0.05, 0) is 44.9 Å². The van der Waals surface area contributed by atoms with Crippen molar-refractivity contribution in [2.75, 3.05) is 25.9 Å². The number of benzene rings is 2. The molecule has 2 aromatic rings. The Morgan fingerprint density at radius 2 is 1.53 bits per heavy atom. The minimum absolute atomic E-state index is 0.0210. The SMILES string of the molecule is CCOP(=O)(CCCN(OCc1ccccc1)S(=O)(=O)c1ccc(C)cc1)OCC. The number of hydrogen-bond donors (Lipinski definition) is 0. The van der Waals surface area contributed by atoms with Gasteiger partial charge in [0.2, 0.25) is 0 Å². The van der Waals surface area contributed by atoms with Gasteiger partial charge in [0.05, 0.1) is 30.9 Å². The van der Waals surface area contributed by atoms with Crippen LogP contribution in [0, 0.1) is 6.92 Å². The van der Waals surface area contributed by atoms with Crippen molar-refractivity contribution in [2.24, 2.45) is 0 Å². The summed E-state index contributed by atoms with van der Waals surface area (Å²) >= 11 is 0. The van der Waals surface area contributed by atoms with E-state index >= 15 is 0 Å². The molecule has 0 atom stereocenters. The molecule has 0 heterocycles. The van der Waals surface area contributed by atoms with Crippen molar-refractivity contribution < 1.29 is 26.9 Å². The Hall–Kier alpha value is -1.54. The van der Waals surface area contributed by atoms with Crippen LogP contribution in [0.2, 0.25) is 0 Å². The van der Waals surface area contributed by atoms with Crippen LogP contribution in [0.3, 0.4) is 0 Å². The molecule has 0 aromatic heterocycles. The summed E-state index contributed by atoms with van der Waals surface area (Å²) in [4.78, 5) is 5.82. The summed E-state index contributed by atoms with van der Waals surface area (Å²) in [6.45, 7) is 6.00. The molecule has 9 heteroatoms. The fraction of sp³-hybridized carbons (Fsp3) is 0.429. The molecule has 7 nitrogen and oxygen atoms in total. The third-order valence-corrected chi connectivity index (χ3v) is 8.09. The quantitative estimate of drug-likeness (QED) is 0.320. The van der Waals surface area contributed by atoms with E-state index in [0.717, 1.165) is 15.6 Å². The summed E-state index contributed by atoms with van der Waals surface area (Å²) in [7, 11) is -7.15. The lowest BCUT2D eigenvalue weighted by atomic mass is 10.2. The number of hydroxylamine groups is 1. The molecule has 0 N–H and O–H groups in total. The van der Waals surface area contributed by atoms with Crippen LogP contribution in [-0.2, 0) is 35.1 Å². The van der Waals surface area contributed by atoms with Gasteiger partial charge in [0.15, 0.2) is 0 Å². The first-order valence-corrected chi connectivity index (χ1v) is 13.1. The Morgan fingerprint density at radius 3 is 2.10 bits per heavy atom. The zero-order valence-corrected chi connectivity index (χ0v) is 19.4. The molecule has 166 valence electrons. The Labute approximate surface area is 179 Å². The summed E-state index contributed by atoms with van der Waals surface area (Å²) in [5.74, 6) is 0. The molecule has 0 amide bonds. The predicted molar refractivity (Wildman–Crippen MR) is 117 cm³/mol. The van der Waals surface area contributed by atoms with Crippen molar-refractivity contribution in [3.63, 3.8) is 0 Å². The van der Waals surface area contributed by atoms with Crippen LogP contribution < -0.4 is 0 Å². The van der Waals surface area contributed by atoms with Gasteiger partial charge in [-0.2, -0.15) is 0 Å². The molecule has 0 fully saturated rings. The van der Waals surface area contributed by atoms with E-state index in [1.165, 1.54) is 0 Å². The van der Waals surface area contributed by atoms with Crippen LogP contribution in [0.1, 0.15) is 31.4 Å². The van der Waals surface area contributed by atoms with E-state index in [1.807, 2.05) is 37.3 Å². The maximum atomic E-state index is 13.1. The minimum atomic E-state index is -3.89. The molecular formula is C21H30NO6PS. The molecule has 2 aromatic carbocycles. The fourth-order valence-electron chi connectivity index (χ4n) is 2.76. The first-order valence-electron chi connectivity index (χ1n) is 9.95. The second-order valence-corrected chi connectivity index (χ2v) is 10.6. The third-order valence-electron chi connectivity index (χ3n) is 4.23. The molecule has 0 unspecified atom stereocenters. The maximum Gasteiger partial charge on any atom is 0.330 e. The van der Waals surface area contributed by atoms with Gasteiger partial charge < -0.3 is 9.05 Å². The smallest absolute Gasteiger partial charge is 0.309 e. The van der Waals surface area contributed by atoms with Crippen LogP contribution >= 0.6 is 7.60 Å². The molecule has 0 bridgehead atoms. The average Bonchev–Trinajstić information content (AvgIpc) is 2.72. The van der Waals surface area contributed by atoms with Gasteiger partial charge in [0.25, 0.3) is 10.0 Å². The summed E-state index contributed by atoms with van der Waals surface area (Å²) in [6.07, 6.45) is 0.362. The number of aryl methyl sites for hydroxylation is 1. The average molecular weight is 456 g/mol. The lowest BCUT2D eigenvalue weighted by molar-refractivity contribution is -0.0959. The van der Waals surface area contributed by atoms with Gasteiger partial charge in [-0.3, -0.25) is 9.40 Å². The fourth-order valence-corrected chi connectivity index (χ4v) is 5.68. The lowest BCUT2D eigenvalue weighted by Crippen LogP contribution is -2.32. The van der Waals surface area contributed by atoms with Crippen molar-refractivity contribution in [1.82, 2.24) is 4.47 Å². The van der Waals surface area contributed by atoms with Gasteiger partial charge >= 0.3 is 7.60 Å². The first kappa shape index (κ1) is 24.7. The highest BCUT2D eigenvalue weighted by atomic mass is 32.2. The molecule has 0 aliphatic carbocycles. The Bertz CT molecular complexity index is 908. The van der Waals surface area contributed by atoms with Crippen LogP contribution in [0.5, 0.6) is 0 Å². The second-order valence-electron chi connectivity index (χ2n) is 6.63. The predicted octanol–water partition coefficient (Wildman–Crippen LogP) is 4.77. The van der Waals surface area contributed by atoms with Crippen molar-refractivity contribution in [1.29, 1.82) is 0 Å². The topological polar surface area (TPSA) is 82.1 Å². The van der Waals surface area contributed by atoms with E-state index < -0.39 is 17.6 Å². The molecule has 0 aliphatic heterocycles. The lowest BCUT2D eigenvalue weighted by Gasteiger charge is -2.23. The number of hydrogen-bond acceptors (Lipinski definition) is 6. The Balaban J connectivity index is 2.16. The molecule has 0 aliphatic rings. The van der Waals surface area contributed by atoms with E-state index in [4.69, 9.17) is 13.9 Å². The van der Waals surface area contributed by atoms with Crippen LogP contribution in [-0.4, -0.2) is 38.8 Å². The molecule has 2 rings (SSSR count). The minimum Gasteiger partial charge on any atom is -0.309 e. The van der Waals surface area contributed by atoms with Crippen LogP contribution in [0.4, 0.5) is 0 Å². The highest BCUT2D eigenvalue weighted by Gasteiger charge is 2.28. The molecule has 30 heavy (non-hydrogen) atoms. The van der Waals surface area contributed by atoms with Gasteiger partial charge in [-0.15, -0.1) is 0 Å². The van der Waals surface area contributed by atoms with Gasteiger partial charge in [-0.1, -0.05) is 52.5 Å². The third kappa shape index (κ3) is 7.30. The summed E-state index contributed by atoms with van der Waals surface area (Å²) in [6, 6.07) is 15.9. The van der Waals surface area contributed by atoms with E-state index in [-0.39, 0.29) is 43.8 Å². The Kier molecular flexibility index (Phi) is 9.68. The second kappa shape index (κ2) is 11.7. The van der Waals surface area contributed by atoms with E-state index in [9.17, 15) is 13.0 Å². The largest absolute Gasteiger partial charge is 0.330 e. The summed E-state index contributed by atoms with van der Waals surface area (Å²) < 4.78 is 50.5. The van der Waals surface area contributed by atoms with Crippen molar-refractivity contribution >= 4 is 17.6 Å². The monoisotopic (exact) mass is 455 g/mol. The molecule has 0 spiro atoms. The first-order chi connectivity index (χ1) is 14.3. The van der Waals surface area contributed by atoms with Crippen LogP contribution in [0.25, 0.3) is 0 Å². The van der Waals surface area contributed by atoms with Crippen molar-refractivity contribution in [3.05, 3.63) is 65.7 Å². The zero-order chi connectivity index (χ0) is 22.0. The summed E-state index contributed by atoms with van der Waals surface area (Å²) in [5.41, 5.74) is 1.80. The van der Waals surface area contributed by atoms with Crippen molar-refractivity contribution in [2.45, 2.75) is 38.7 Å². The highest BCUT2D eigenvalue weighted by molar-refractivity contribution is 7.89. The van der Waals surface area contributed by atoms with E-state index in [1.54, 1.807) is 38.1 Å². The normalized spacial score (nSPS) is 12.4. The standard InChI is InChI=1S/C21H30NO6PS/c1-4-27-29(23,28-5-2)17-9-16-22(26-18-20-10-7-6-8-11-20)30(24,25)21-14-12-19(3)13-15-21/h6-8,10-15H,4-5,9,16-18H2,1-3H3. The molecular weight excluding hydrogens is 425 g/mol. The van der Waals surface area contributed by atoms with E-state index in [0.29, 0.717) is 0 Å². The highest BCUT2D eigenvalue weighted by Crippen LogP contribution is 2.48. The number of rotatable bonds is 13. The molecule has 0 saturated heterocycles. The number of nitrogens with zero attached hydrogens (tertiary/aromatic N) is 1. The van der Waals surface area contributed by atoms with Gasteiger partial charge in [0, 0.05) is 6.54 Å². The molecule has 0 radical (unpaired) electrons. The Morgan fingerprint density at radius 1 is 0.933 bits per heavy atom.